The molecule has 2 heteroatoms. The molecule has 0 saturated carbocycles. The second-order valence-electron chi connectivity index (χ2n) is 3.89. The minimum Gasteiger partial charge on any atom is -0.382 e. The molecule has 0 bridgehead atoms. The molecule has 14 heavy (non-hydrogen) atoms. The van der Waals surface area contributed by atoms with Gasteiger partial charge in [0, 0.05) is 19.3 Å². The molecule has 0 fully saturated rings. The van der Waals surface area contributed by atoms with Crippen molar-refractivity contribution in [2.45, 2.75) is 53.0 Å². The first-order chi connectivity index (χ1) is 6.76. The van der Waals surface area contributed by atoms with E-state index in [1.54, 1.807) is 0 Å². The summed E-state index contributed by atoms with van der Waals surface area (Å²) in [4.78, 5) is 0. The topological polar surface area (TPSA) is 21.3 Å². The van der Waals surface area contributed by atoms with E-state index in [1.165, 1.54) is 19.3 Å². The Labute approximate surface area is 89.4 Å². The van der Waals surface area contributed by atoms with Gasteiger partial charge in [0.05, 0.1) is 0 Å². The summed E-state index contributed by atoms with van der Waals surface area (Å²) >= 11 is 0. The lowest BCUT2D eigenvalue weighted by molar-refractivity contribution is 0.138. The van der Waals surface area contributed by atoms with Crippen LogP contribution in [-0.2, 0) is 4.74 Å². The number of rotatable bonds is 9. The summed E-state index contributed by atoms with van der Waals surface area (Å²) in [7, 11) is 0. The third-order valence-corrected chi connectivity index (χ3v) is 2.81. The first kappa shape index (κ1) is 13.9. The number of ether oxygens (including phenoxy) is 1. The van der Waals surface area contributed by atoms with Crippen molar-refractivity contribution in [2.75, 3.05) is 19.8 Å². The summed E-state index contributed by atoms with van der Waals surface area (Å²) in [5.74, 6) is 0.775. The quantitative estimate of drug-likeness (QED) is 0.579. The minimum absolute atomic E-state index is 0.672. The van der Waals surface area contributed by atoms with Crippen LogP contribution in [-0.4, -0.2) is 25.8 Å². The monoisotopic (exact) mass is 201 g/mol. The average Bonchev–Trinajstić information content (AvgIpc) is 2.21. The molecule has 2 atom stereocenters. The third-order valence-electron chi connectivity index (χ3n) is 2.81. The van der Waals surface area contributed by atoms with E-state index in [1.807, 2.05) is 0 Å². The minimum atomic E-state index is 0.672. The predicted octanol–water partition coefficient (Wildman–Crippen LogP) is 2.83. The van der Waals surface area contributed by atoms with Gasteiger partial charge in [-0.25, -0.2) is 0 Å². The van der Waals surface area contributed by atoms with Crippen LogP contribution in [0.5, 0.6) is 0 Å². The van der Waals surface area contributed by atoms with Gasteiger partial charge < -0.3 is 10.1 Å². The molecule has 0 heterocycles. The molecule has 0 aromatic rings. The molecule has 0 aromatic heterocycles. The maximum atomic E-state index is 5.35. The molecule has 0 aliphatic carbocycles. The summed E-state index contributed by atoms with van der Waals surface area (Å²) in [6.07, 6.45) is 3.67. The highest BCUT2D eigenvalue weighted by molar-refractivity contribution is 4.71. The van der Waals surface area contributed by atoms with Crippen LogP contribution in [0, 0.1) is 5.92 Å². The van der Waals surface area contributed by atoms with E-state index in [2.05, 4.69) is 33.0 Å². The largest absolute Gasteiger partial charge is 0.382 e. The van der Waals surface area contributed by atoms with Gasteiger partial charge in [-0.1, -0.05) is 27.2 Å². The van der Waals surface area contributed by atoms with Crippen molar-refractivity contribution in [3.63, 3.8) is 0 Å². The fraction of sp³-hybridized carbons (Fsp3) is 1.00. The van der Waals surface area contributed by atoms with Crippen LogP contribution in [0.2, 0.25) is 0 Å². The zero-order chi connectivity index (χ0) is 10.8. The van der Waals surface area contributed by atoms with Crippen LogP contribution in [0.4, 0.5) is 0 Å². The fourth-order valence-corrected chi connectivity index (χ4v) is 1.68. The molecular formula is C12H27NO. The van der Waals surface area contributed by atoms with Crippen LogP contribution < -0.4 is 5.32 Å². The summed E-state index contributed by atoms with van der Waals surface area (Å²) in [6, 6.07) is 0.672. The third kappa shape index (κ3) is 6.39. The molecule has 0 radical (unpaired) electrons. The average molecular weight is 201 g/mol. The Morgan fingerprint density at radius 2 is 1.93 bits per heavy atom. The van der Waals surface area contributed by atoms with E-state index in [0.29, 0.717) is 6.04 Å². The molecule has 86 valence electrons. The molecule has 0 aromatic carbocycles. The molecule has 2 unspecified atom stereocenters. The Morgan fingerprint density at radius 1 is 1.21 bits per heavy atom. The normalized spacial score (nSPS) is 15.4. The van der Waals surface area contributed by atoms with Gasteiger partial charge in [-0.3, -0.25) is 0 Å². The van der Waals surface area contributed by atoms with Crippen molar-refractivity contribution < 1.29 is 4.74 Å². The van der Waals surface area contributed by atoms with Gasteiger partial charge >= 0.3 is 0 Å². The summed E-state index contributed by atoms with van der Waals surface area (Å²) < 4.78 is 5.35. The Hall–Kier alpha value is -0.0800. The van der Waals surface area contributed by atoms with Crippen molar-refractivity contribution in [3.8, 4) is 0 Å². The van der Waals surface area contributed by atoms with E-state index in [4.69, 9.17) is 4.74 Å². The maximum Gasteiger partial charge on any atom is 0.0466 e. The molecule has 0 rings (SSSR count). The van der Waals surface area contributed by atoms with E-state index in [-0.39, 0.29) is 0 Å². The molecule has 0 aliphatic rings. The Balaban J connectivity index is 3.61. The van der Waals surface area contributed by atoms with Crippen molar-refractivity contribution in [2.24, 2.45) is 5.92 Å². The highest BCUT2D eigenvalue weighted by Gasteiger charge is 2.13. The van der Waals surface area contributed by atoms with Gasteiger partial charge in [-0.15, -0.1) is 0 Å². The van der Waals surface area contributed by atoms with Crippen molar-refractivity contribution in [1.82, 2.24) is 5.32 Å². The summed E-state index contributed by atoms with van der Waals surface area (Å²) in [5.41, 5.74) is 0. The van der Waals surface area contributed by atoms with Gasteiger partial charge in [0.2, 0.25) is 0 Å². The predicted molar refractivity (Wildman–Crippen MR) is 62.6 cm³/mol. The van der Waals surface area contributed by atoms with Crippen molar-refractivity contribution in [1.29, 1.82) is 0 Å². The lowest BCUT2D eigenvalue weighted by Crippen LogP contribution is -2.34. The molecule has 0 aliphatic heterocycles. The second kappa shape index (κ2) is 9.47. The highest BCUT2D eigenvalue weighted by Crippen LogP contribution is 2.12. The van der Waals surface area contributed by atoms with Gasteiger partial charge in [0.1, 0.15) is 0 Å². The second-order valence-corrected chi connectivity index (χ2v) is 3.89. The highest BCUT2D eigenvalue weighted by atomic mass is 16.5. The SMILES string of the molecule is CCNC(CCCOCC)C(C)CC. The van der Waals surface area contributed by atoms with Crippen LogP contribution in [0.3, 0.4) is 0 Å². The summed E-state index contributed by atoms with van der Waals surface area (Å²) in [5, 5.41) is 3.55. The first-order valence-corrected chi connectivity index (χ1v) is 6.07. The van der Waals surface area contributed by atoms with E-state index >= 15 is 0 Å². The van der Waals surface area contributed by atoms with Crippen LogP contribution >= 0.6 is 0 Å². The molecule has 2 nitrogen and oxygen atoms in total. The molecular weight excluding hydrogens is 174 g/mol. The standard InChI is InChI=1S/C12H27NO/c1-5-11(4)12(13-6-2)9-8-10-14-7-3/h11-13H,5-10H2,1-4H3. The molecule has 1 N–H and O–H groups in total. The Morgan fingerprint density at radius 3 is 2.43 bits per heavy atom. The van der Waals surface area contributed by atoms with Crippen molar-refractivity contribution in [3.05, 3.63) is 0 Å². The van der Waals surface area contributed by atoms with E-state index in [0.717, 1.165) is 25.7 Å². The van der Waals surface area contributed by atoms with Crippen LogP contribution in [0.1, 0.15) is 47.0 Å². The van der Waals surface area contributed by atoms with Gasteiger partial charge in [0.25, 0.3) is 0 Å². The molecule has 0 amide bonds. The lowest BCUT2D eigenvalue weighted by Gasteiger charge is -2.23. The Bertz CT molecular complexity index is 117. The van der Waals surface area contributed by atoms with E-state index in [9.17, 15) is 0 Å². The lowest BCUT2D eigenvalue weighted by atomic mass is 9.95. The van der Waals surface area contributed by atoms with Gasteiger partial charge in [0.15, 0.2) is 0 Å². The fourth-order valence-electron chi connectivity index (χ4n) is 1.68. The molecule has 0 saturated heterocycles. The van der Waals surface area contributed by atoms with E-state index < -0.39 is 0 Å². The number of hydrogen-bond acceptors (Lipinski definition) is 2. The zero-order valence-corrected chi connectivity index (χ0v) is 10.3. The zero-order valence-electron chi connectivity index (χ0n) is 10.3. The van der Waals surface area contributed by atoms with Crippen LogP contribution in [0.25, 0.3) is 0 Å². The number of hydrogen-bond donors (Lipinski definition) is 1. The molecule has 0 spiro atoms. The van der Waals surface area contributed by atoms with Gasteiger partial charge in [-0.2, -0.15) is 0 Å². The van der Waals surface area contributed by atoms with Crippen molar-refractivity contribution >= 4 is 0 Å². The van der Waals surface area contributed by atoms with Crippen LogP contribution in [0.15, 0.2) is 0 Å². The van der Waals surface area contributed by atoms with Gasteiger partial charge in [-0.05, 0) is 32.2 Å². The smallest absolute Gasteiger partial charge is 0.0466 e. The maximum absolute atomic E-state index is 5.35. The summed E-state index contributed by atoms with van der Waals surface area (Å²) in [6.45, 7) is 11.6. The Kier molecular flexibility index (Phi) is 9.42. The number of nitrogens with one attached hydrogen (secondary N) is 1. The first-order valence-electron chi connectivity index (χ1n) is 6.07.